The normalized spacial score (nSPS) is 11.1. The van der Waals surface area contributed by atoms with Gasteiger partial charge in [-0.05, 0) is 48.9 Å². The molecule has 0 saturated heterocycles. The third kappa shape index (κ3) is 4.01. The monoisotopic (exact) mass is 454 g/mol. The predicted octanol–water partition coefficient (Wildman–Crippen LogP) is 3.83. The summed E-state index contributed by atoms with van der Waals surface area (Å²) in [5, 5.41) is 8.84. The zero-order valence-electron chi connectivity index (χ0n) is 18.8. The second kappa shape index (κ2) is 8.82. The van der Waals surface area contributed by atoms with Crippen LogP contribution >= 0.6 is 0 Å². The molecule has 2 aromatic heterocycles. The summed E-state index contributed by atoms with van der Waals surface area (Å²) in [5.41, 5.74) is 2.85. The molecule has 0 fully saturated rings. The lowest BCUT2D eigenvalue weighted by atomic mass is 10.1. The van der Waals surface area contributed by atoms with E-state index in [0.29, 0.717) is 34.7 Å². The van der Waals surface area contributed by atoms with Gasteiger partial charge in [-0.2, -0.15) is 0 Å². The Kier molecular flexibility index (Phi) is 5.55. The van der Waals surface area contributed by atoms with Crippen LogP contribution in [0.4, 0.5) is 0 Å². The van der Waals surface area contributed by atoms with Gasteiger partial charge >= 0.3 is 5.97 Å². The molecule has 8 nitrogen and oxygen atoms in total. The van der Waals surface area contributed by atoms with E-state index in [9.17, 15) is 9.59 Å². The lowest BCUT2D eigenvalue weighted by molar-refractivity contribution is 0.0461. The summed E-state index contributed by atoms with van der Waals surface area (Å²) >= 11 is 0. The van der Waals surface area contributed by atoms with Crippen LogP contribution in [-0.4, -0.2) is 25.1 Å². The van der Waals surface area contributed by atoms with E-state index in [2.05, 4.69) is 10.2 Å². The Morgan fingerprint density at radius 3 is 2.47 bits per heavy atom. The number of para-hydroxylation sites is 1. The number of hydrogen-bond acceptors (Lipinski definition) is 6. The Labute approximate surface area is 195 Å². The maximum atomic E-state index is 12.7. The largest absolute Gasteiger partial charge is 0.489 e. The lowest BCUT2D eigenvalue weighted by Gasteiger charge is -2.09. The van der Waals surface area contributed by atoms with Crippen LogP contribution in [0.3, 0.4) is 0 Å². The van der Waals surface area contributed by atoms with E-state index in [0.717, 1.165) is 16.9 Å². The van der Waals surface area contributed by atoms with Gasteiger partial charge in [0.05, 0.1) is 16.5 Å². The van der Waals surface area contributed by atoms with Gasteiger partial charge in [0.25, 0.3) is 5.56 Å². The number of hydrogen-bond donors (Lipinski definition) is 0. The highest BCUT2D eigenvalue weighted by Crippen LogP contribution is 2.17. The molecule has 8 heteroatoms. The Morgan fingerprint density at radius 1 is 0.941 bits per heavy atom. The third-order valence-corrected chi connectivity index (χ3v) is 5.61. The molecule has 5 rings (SSSR count). The maximum Gasteiger partial charge on any atom is 0.338 e. The average molecular weight is 454 g/mol. The van der Waals surface area contributed by atoms with Crippen molar-refractivity contribution in [2.45, 2.75) is 20.1 Å². The smallest absolute Gasteiger partial charge is 0.338 e. The molecule has 0 radical (unpaired) electrons. The SMILES string of the molecule is Cc1ccc2c(c1)c(=O)n(C)c1nnc(COC(=O)c3ccc(COc4ccccc4)cc3)n21. The summed E-state index contributed by atoms with van der Waals surface area (Å²) in [6.45, 7) is 2.24. The van der Waals surface area contributed by atoms with Gasteiger partial charge in [-0.15, -0.1) is 10.2 Å². The van der Waals surface area contributed by atoms with Crippen molar-refractivity contribution in [3.05, 3.63) is 106 Å². The summed E-state index contributed by atoms with van der Waals surface area (Å²) in [4.78, 5) is 25.3. The van der Waals surface area contributed by atoms with Crippen molar-refractivity contribution in [2.24, 2.45) is 7.05 Å². The molecule has 0 aliphatic carbocycles. The first-order chi connectivity index (χ1) is 16.5. The molecule has 0 bridgehead atoms. The molecule has 0 unspecified atom stereocenters. The highest BCUT2D eigenvalue weighted by molar-refractivity contribution is 5.89. The number of esters is 1. The minimum Gasteiger partial charge on any atom is -0.489 e. The minimum atomic E-state index is -0.475. The number of aromatic nitrogens is 4. The molecular formula is C26H22N4O4. The van der Waals surface area contributed by atoms with Crippen LogP contribution in [0, 0.1) is 6.92 Å². The van der Waals surface area contributed by atoms with Crippen LogP contribution in [0.2, 0.25) is 0 Å². The zero-order chi connectivity index (χ0) is 23.7. The number of carbonyl (C=O) groups excluding carboxylic acids is 1. The number of aryl methyl sites for hydroxylation is 2. The molecule has 0 N–H and O–H groups in total. The number of rotatable bonds is 6. The highest BCUT2D eigenvalue weighted by Gasteiger charge is 2.17. The lowest BCUT2D eigenvalue weighted by Crippen LogP contribution is -2.20. The number of carbonyl (C=O) groups is 1. The van der Waals surface area contributed by atoms with E-state index >= 15 is 0 Å². The second-order valence-corrected chi connectivity index (χ2v) is 8.01. The van der Waals surface area contributed by atoms with Crippen molar-refractivity contribution in [3.8, 4) is 5.75 Å². The van der Waals surface area contributed by atoms with E-state index in [-0.39, 0.29) is 12.2 Å². The molecular weight excluding hydrogens is 432 g/mol. The quantitative estimate of drug-likeness (QED) is 0.363. The predicted molar refractivity (Wildman–Crippen MR) is 127 cm³/mol. The summed E-state index contributed by atoms with van der Waals surface area (Å²) in [7, 11) is 1.65. The molecule has 34 heavy (non-hydrogen) atoms. The van der Waals surface area contributed by atoms with E-state index < -0.39 is 5.97 Å². The van der Waals surface area contributed by atoms with Crippen LogP contribution in [0.1, 0.15) is 27.3 Å². The molecule has 0 aliphatic rings. The van der Waals surface area contributed by atoms with Gasteiger partial charge in [0.1, 0.15) is 12.4 Å². The van der Waals surface area contributed by atoms with Crippen LogP contribution < -0.4 is 10.3 Å². The molecule has 0 spiro atoms. The van der Waals surface area contributed by atoms with E-state index in [4.69, 9.17) is 9.47 Å². The number of nitrogens with zero attached hydrogens (tertiary/aromatic N) is 4. The van der Waals surface area contributed by atoms with Gasteiger partial charge in [-0.25, -0.2) is 4.79 Å². The Morgan fingerprint density at radius 2 is 1.71 bits per heavy atom. The van der Waals surface area contributed by atoms with Crippen LogP contribution in [-0.2, 0) is 25.0 Å². The summed E-state index contributed by atoms with van der Waals surface area (Å²) in [5.74, 6) is 1.12. The van der Waals surface area contributed by atoms with Gasteiger partial charge in [0.15, 0.2) is 12.4 Å². The zero-order valence-corrected chi connectivity index (χ0v) is 18.8. The first-order valence-electron chi connectivity index (χ1n) is 10.8. The molecule has 5 aromatic rings. The van der Waals surface area contributed by atoms with Gasteiger partial charge in [0.2, 0.25) is 5.78 Å². The second-order valence-electron chi connectivity index (χ2n) is 8.01. The van der Waals surface area contributed by atoms with Gasteiger partial charge in [-0.1, -0.05) is 42.0 Å². The Hall–Kier alpha value is -4.46. The molecule has 0 saturated carbocycles. The van der Waals surface area contributed by atoms with E-state index in [1.807, 2.05) is 67.6 Å². The van der Waals surface area contributed by atoms with Crippen molar-refractivity contribution >= 4 is 22.6 Å². The maximum absolute atomic E-state index is 12.7. The topological polar surface area (TPSA) is 87.7 Å². The minimum absolute atomic E-state index is 0.0833. The Bertz CT molecular complexity index is 1550. The van der Waals surface area contributed by atoms with Gasteiger partial charge in [0, 0.05) is 7.05 Å². The molecule has 0 atom stereocenters. The van der Waals surface area contributed by atoms with Gasteiger partial charge in [-0.3, -0.25) is 13.8 Å². The first kappa shape index (κ1) is 21.4. The van der Waals surface area contributed by atoms with Crippen LogP contribution in [0.25, 0.3) is 16.7 Å². The number of ether oxygens (including phenoxy) is 2. The molecule has 170 valence electrons. The van der Waals surface area contributed by atoms with E-state index in [1.54, 1.807) is 23.6 Å². The van der Waals surface area contributed by atoms with Crippen molar-refractivity contribution in [1.82, 2.24) is 19.2 Å². The van der Waals surface area contributed by atoms with Crippen molar-refractivity contribution in [1.29, 1.82) is 0 Å². The van der Waals surface area contributed by atoms with Gasteiger partial charge < -0.3 is 9.47 Å². The summed E-state index contributed by atoms with van der Waals surface area (Å²) < 4.78 is 14.4. The summed E-state index contributed by atoms with van der Waals surface area (Å²) in [6, 6.07) is 22.2. The molecule has 0 amide bonds. The first-order valence-corrected chi connectivity index (χ1v) is 10.8. The molecule has 2 heterocycles. The fourth-order valence-corrected chi connectivity index (χ4v) is 3.79. The van der Waals surface area contributed by atoms with Crippen molar-refractivity contribution in [2.75, 3.05) is 0 Å². The van der Waals surface area contributed by atoms with E-state index in [1.165, 1.54) is 4.57 Å². The fraction of sp³-hybridized carbons (Fsp3) is 0.154. The van der Waals surface area contributed by atoms with Crippen molar-refractivity contribution in [3.63, 3.8) is 0 Å². The standard InChI is InChI=1S/C26H22N4O4/c1-17-8-13-22-21(14-17)24(31)29(2)26-28-27-23(30(22)26)16-34-25(32)19-11-9-18(10-12-19)15-33-20-6-4-3-5-7-20/h3-14H,15-16H2,1-2H3. The van der Waals surface area contributed by atoms with Crippen molar-refractivity contribution < 1.29 is 14.3 Å². The summed E-state index contributed by atoms with van der Waals surface area (Å²) in [6.07, 6.45) is 0. The van der Waals surface area contributed by atoms with Crippen LogP contribution in [0.15, 0.2) is 77.6 Å². The number of benzene rings is 3. The Balaban J connectivity index is 1.32. The molecule has 3 aromatic carbocycles. The van der Waals surface area contributed by atoms with Crippen LogP contribution in [0.5, 0.6) is 5.75 Å². The molecule has 0 aliphatic heterocycles. The third-order valence-electron chi connectivity index (χ3n) is 5.61. The fourth-order valence-electron chi connectivity index (χ4n) is 3.79. The highest BCUT2D eigenvalue weighted by atomic mass is 16.5. The average Bonchev–Trinajstić information content (AvgIpc) is 3.29. The number of fused-ring (bicyclic) bond motifs is 3.